The van der Waals surface area contributed by atoms with Gasteiger partial charge in [-0.3, -0.25) is 4.79 Å². The number of ether oxygens (including phenoxy) is 1. The molecule has 2 rings (SSSR count). The average molecular weight is 408 g/mol. The van der Waals surface area contributed by atoms with E-state index < -0.39 is 10.0 Å². The molecule has 0 saturated carbocycles. The second kappa shape index (κ2) is 10.4. The smallest absolute Gasteiger partial charge is 0.248 e. The Kier molecular flexibility index (Phi) is 8.22. The Hall–Kier alpha value is -2.16. The number of allylic oxidation sites excluding steroid dienone is 3. The molecule has 7 nitrogen and oxygen atoms in total. The first-order chi connectivity index (χ1) is 13.4. The molecule has 1 N–H and O–H groups in total. The zero-order chi connectivity index (χ0) is 20.6. The number of anilines is 2. The molecular formula is C20H29N3O4S. The topological polar surface area (TPSA) is 79.0 Å². The van der Waals surface area contributed by atoms with Gasteiger partial charge in [-0.05, 0) is 25.1 Å². The molecular weight excluding hydrogens is 378 g/mol. The first-order valence-electron chi connectivity index (χ1n) is 9.51. The van der Waals surface area contributed by atoms with E-state index in [0.29, 0.717) is 45.1 Å². The largest absolute Gasteiger partial charge is 0.378 e. The Morgan fingerprint density at radius 1 is 1.21 bits per heavy atom. The fourth-order valence-electron chi connectivity index (χ4n) is 3.00. The van der Waals surface area contributed by atoms with Gasteiger partial charge in [0.15, 0.2) is 0 Å². The zero-order valence-corrected chi connectivity index (χ0v) is 17.5. The minimum Gasteiger partial charge on any atom is -0.378 e. The molecule has 0 aliphatic carbocycles. The zero-order valence-electron chi connectivity index (χ0n) is 16.7. The fraction of sp³-hybridized carbons (Fsp3) is 0.450. The summed E-state index contributed by atoms with van der Waals surface area (Å²) in [6.07, 6.45) is 6.62. The molecule has 0 radical (unpaired) electrons. The third-order valence-corrected chi connectivity index (χ3v) is 6.52. The van der Waals surface area contributed by atoms with Crippen molar-refractivity contribution in [1.82, 2.24) is 4.31 Å². The van der Waals surface area contributed by atoms with E-state index >= 15 is 0 Å². The van der Waals surface area contributed by atoms with Crippen LogP contribution in [0.4, 0.5) is 11.4 Å². The summed E-state index contributed by atoms with van der Waals surface area (Å²) in [6, 6.07) is 4.90. The number of hydrogen-bond donors (Lipinski definition) is 1. The van der Waals surface area contributed by atoms with Crippen molar-refractivity contribution in [2.75, 3.05) is 49.6 Å². The second-order valence-corrected chi connectivity index (χ2v) is 8.18. The number of sulfonamides is 1. The fourth-order valence-corrected chi connectivity index (χ4v) is 4.48. The van der Waals surface area contributed by atoms with Gasteiger partial charge in [-0.1, -0.05) is 32.1 Å². The molecule has 0 spiro atoms. The van der Waals surface area contributed by atoms with Crippen molar-refractivity contribution in [3.05, 3.63) is 42.5 Å². The van der Waals surface area contributed by atoms with Gasteiger partial charge in [0.1, 0.15) is 0 Å². The standard InChI is InChI=1S/C20H29N3O4S/c1-4-7-8-9-20(24)21-18-16-17(28(25,26)23(5-2)6-3)10-11-19(18)22-12-14-27-15-13-22/h4,7-11,16H,5-6,12-15H2,1-3H3,(H,21,24)/b7-4+,9-8+. The van der Waals surface area contributed by atoms with Crippen LogP contribution in [0, 0.1) is 0 Å². The monoisotopic (exact) mass is 407 g/mol. The quantitative estimate of drug-likeness (QED) is 0.529. The lowest BCUT2D eigenvalue weighted by Crippen LogP contribution is -2.37. The van der Waals surface area contributed by atoms with Crippen molar-refractivity contribution in [1.29, 1.82) is 0 Å². The number of carbonyl (C=O) groups is 1. The van der Waals surface area contributed by atoms with E-state index in [2.05, 4.69) is 10.2 Å². The molecule has 1 amide bonds. The van der Waals surface area contributed by atoms with E-state index in [9.17, 15) is 13.2 Å². The molecule has 1 aliphatic heterocycles. The molecule has 1 aliphatic rings. The summed E-state index contributed by atoms with van der Waals surface area (Å²) < 4.78 is 32.6. The highest BCUT2D eigenvalue weighted by atomic mass is 32.2. The molecule has 0 bridgehead atoms. The summed E-state index contributed by atoms with van der Waals surface area (Å²) in [5.74, 6) is -0.315. The number of benzene rings is 1. The van der Waals surface area contributed by atoms with Crippen molar-refractivity contribution in [2.45, 2.75) is 25.7 Å². The third-order valence-electron chi connectivity index (χ3n) is 4.47. The van der Waals surface area contributed by atoms with Gasteiger partial charge in [0.05, 0.1) is 29.5 Å². The number of nitrogens with one attached hydrogen (secondary N) is 1. The van der Waals surface area contributed by atoms with Gasteiger partial charge in [0.25, 0.3) is 0 Å². The molecule has 1 fully saturated rings. The van der Waals surface area contributed by atoms with Gasteiger partial charge in [-0.2, -0.15) is 4.31 Å². The molecule has 0 atom stereocenters. The van der Waals surface area contributed by atoms with Crippen molar-refractivity contribution in [3.63, 3.8) is 0 Å². The number of morpholine rings is 1. The lowest BCUT2D eigenvalue weighted by Gasteiger charge is -2.31. The average Bonchev–Trinajstić information content (AvgIpc) is 2.69. The van der Waals surface area contributed by atoms with Crippen LogP contribution in [0.25, 0.3) is 0 Å². The van der Waals surface area contributed by atoms with Crippen LogP contribution in [0.15, 0.2) is 47.4 Å². The minimum absolute atomic E-state index is 0.168. The summed E-state index contributed by atoms with van der Waals surface area (Å²) in [4.78, 5) is 14.5. The summed E-state index contributed by atoms with van der Waals surface area (Å²) in [7, 11) is -3.62. The molecule has 8 heteroatoms. The Balaban J connectivity index is 2.42. The van der Waals surface area contributed by atoms with E-state index in [1.165, 1.54) is 10.4 Å². The maximum atomic E-state index is 12.9. The van der Waals surface area contributed by atoms with E-state index in [1.807, 2.05) is 13.0 Å². The van der Waals surface area contributed by atoms with E-state index in [4.69, 9.17) is 4.74 Å². The van der Waals surface area contributed by atoms with Crippen molar-refractivity contribution < 1.29 is 17.9 Å². The number of carbonyl (C=O) groups excluding carboxylic acids is 1. The molecule has 1 heterocycles. The Morgan fingerprint density at radius 3 is 2.50 bits per heavy atom. The van der Waals surface area contributed by atoms with Gasteiger partial charge in [0, 0.05) is 32.3 Å². The summed E-state index contributed by atoms with van der Waals surface area (Å²) in [5, 5.41) is 2.83. The summed E-state index contributed by atoms with van der Waals surface area (Å²) in [6.45, 7) is 8.78. The Bertz CT molecular complexity index is 824. The summed E-state index contributed by atoms with van der Waals surface area (Å²) >= 11 is 0. The SMILES string of the molecule is C/C=C/C=C/C(=O)Nc1cc(S(=O)(=O)N(CC)CC)ccc1N1CCOCC1. The van der Waals surface area contributed by atoms with Gasteiger partial charge < -0.3 is 15.0 Å². The highest BCUT2D eigenvalue weighted by molar-refractivity contribution is 7.89. The predicted octanol–water partition coefficient (Wildman–Crippen LogP) is 2.62. The minimum atomic E-state index is -3.62. The normalized spacial score (nSPS) is 15.6. The van der Waals surface area contributed by atoms with Crippen molar-refractivity contribution in [2.24, 2.45) is 0 Å². The molecule has 28 heavy (non-hydrogen) atoms. The predicted molar refractivity (Wildman–Crippen MR) is 112 cm³/mol. The number of nitrogens with zero attached hydrogens (tertiary/aromatic N) is 2. The highest BCUT2D eigenvalue weighted by Crippen LogP contribution is 2.31. The van der Waals surface area contributed by atoms with Gasteiger partial charge in [-0.25, -0.2) is 8.42 Å². The highest BCUT2D eigenvalue weighted by Gasteiger charge is 2.24. The summed E-state index contributed by atoms with van der Waals surface area (Å²) in [5.41, 5.74) is 1.26. The van der Waals surface area contributed by atoms with Crippen LogP contribution >= 0.6 is 0 Å². The number of hydrogen-bond acceptors (Lipinski definition) is 5. The molecule has 154 valence electrons. The number of amides is 1. The maximum Gasteiger partial charge on any atom is 0.248 e. The second-order valence-electron chi connectivity index (χ2n) is 6.24. The maximum absolute atomic E-state index is 12.9. The van der Waals surface area contributed by atoms with E-state index in [-0.39, 0.29) is 10.8 Å². The molecule has 0 unspecified atom stereocenters. The lowest BCUT2D eigenvalue weighted by atomic mass is 10.2. The lowest BCUT2D eigenvalue weighted by molar-refractivity contribution is -0.111. The first-order valence-corrected chi connectivity index (χ1v) is 10.9. The van der Waals surface area contributed by atoms with Crippen LogP contribution in [-0.2, 0) is 19.6 Å². The van der Waals surface area contributed by atoms with Crippen molar-refractivity contribution in [3.8, 4) is 0 Å². The van der Waals surface area contributed by atoms with Crippen LogP contribution in [0.1, 0.15) is 20.8 Å². The van der Waals surface area contributed by atoms with Crippen molar-refractivity contribution >= 4 is 27.3 Å². The molecule has 0 aromatic heterocycles. The molecule has 1 aromatic rings. The van der Waals surface area contributed by atoms with Gasteiger partial charge in [0.2, 0.25) is 15.9 Å². The van der Waals surface area contributed by atoms with Crippen LogP contribution in [0.2, 0.25) is 0 Å². The number of rotatable bonds is 8. The van der Waals surface area contributed by atoms with Gasteiger partial charge in [-0.15, -0.1) is 0 Å². The van der Waals surface area contributed by atoms with Crippen LogP contribution in [-0.4, -0.2) is 58.0 Å². The molecule has 1 saturated heterocycles. The van der Waals surface area contributed by atoms with E-state index in [0.717, 1.165) is 5.69 Å². The first kappa shape index (κ1) is 22.1. The van der Waals surface area contributed by atoms with Crippen LogP contribution in [0.5, 0.6) is 0 Å². The Labute approximate surface area is 167 Å². The Morgan fingerprint density at radius 2 is 1.89 bits per heavy atom. The molecule has 1 aromatic carbocycles. The van der Waals surface area contributed by atoms with Crippen LogP contribution in [0.3, 0.4) is 0 Å². The third kappa shape index (κ3) is 5.43. The van der Waals surface area contributed by atoms with E-state index in [1.54, 1.807) is 44.2 Å². The van der Waals surface area contributed by atoms with Crippen LogP contribution < -0.4 is 10.2 Å². The van der Waals surface area contributed by atoms with Gasteiger partial charge >= 0.3 is 0 Å².